The van der Waals surface area contributed by atoms with Crippen LogP contribution in [-0.2, 0) is 0 Å². The van der Waals surface area contributed by atoms with Crippen LogP contribution in [-0.4, -0.2) is 29.3 Å². The largest absolute Gasteiger partial charge is 0.222 e. The highest BCUT2D eigenvalue weighted by Crippen LogP contribution is 2.28. The summed E-state index contributed by atoms with van der Waals surface area (Å²) in [7, 11) is 0. The highest BCUT2D eigenvalue weighted by molar-refractivity contribution is 4.81. The standard InChI is InChI=1S/C9H20N2/c1-4-7-10-9(6-3)11(10)8-5-2/h9H,4-8H2,1-3H3. The minimum Gasteiger partial charge on any atom is -0.222 e. The molecule has 11 heavy (non-hydrogen) atoms. The molecule has 1 fully saturated rings. The van der Waals surface area contributed by atoms with Crippen LogP contribution in [0.1, 0.15) is 40.0 Å². The van der Waals surface area contributed by atoms with Gasteiger partial charge in [-0.1, -0.05) is 20.8 Å². The molecule has 0 aromatic carbocycles. The van der Waals surface area contributed by atoms with Gasteiger partial charge in [0, 0.05) is 13.1 Å². The summed E-state index contributed by atoms with van der Waals surface area (Å²) in [6, 6.07) is 0. The minimum atomic E-state index is 0.773. The van der Waals surface area contributed by atoms with Crippen LogP contribution in [0.5, 0.6) is 0 Å². The van der Waals surface area contributed by atoms with Crippen molar-refractivity contribution < 1.29 is 0 Å². The van der Waals surface area contributed by atoms with Crippen LogP contribution in [0.25, 0.3) is 0 Å². The molecule has 0 saturated carbocycles. The molecule has 2 heteroatoms. The van der Waals surface area contributed by atoms with Gasteiger partial charge >= 0.3 is 0 Å². The number of rotatable bonds is 5. The van der Waals surface area contributed by atoms with Crippen LogP contribution in [0.4, 0.5) is 0 Å². The van der Waals surface area contributed by atoms with E-state index in [9.17, 15) is 0 Å². The fraction of sp³-hybridized carbons (Fsp3) is 1.00. The van der Waals surface area contributed by atoms with Gasteiger partial charge in [0.2, 0.25) is 0 Å². The predicted octanol–water partition coefficient (Wildman–Crippen LogP) is 2.08. The molecule has 1 heterocycles. The molecule has 0 amide bonds. The second kappa shape index (κ2) is 4.07. The van der Waals surface area contributed by atoms with Crippen molar-refractivity contribution in [2.75, 3.05) is 13.1 Å². The van der Waals surface area contributed by atoms with E-state index in [0.29, 0.717) is 0 Å². The van der Waals surface area contributed by atoms with Gasteiger partial charge < -0.3 is 0 Å². The van der Waals surface area contributed by atoms with E-state index in [1.807, 2.05) is 0 Å². The van der Waals surface area contributed by atoms with E-state index >= 15 is 0 Å². The van der Waals surface area contributed by atoms with E-state index in [1.165, 1.54) is 32.4 Å². The van der Waals surface area contributed by atoms with Gasteiger partial charge in [0.15, 0.2) is 0 Å². The fourth-order valence-corrected chi connectivity index (χ4v) is 1.73. The molecule has 66 valence electrons. The van der Waals surface area contributed by atoms with E-state index in [4.69, 9.17) is 0 Å². The summed E-state index contributed by atoms with van der Waals surface area (Å²) in [6.07, 6.45) is 4.60. The summed E-state index contributed by atoms with van der Waals surface area (Å²) in [5.41, 5.74) is 0. The SMILES string of the molecule is CCCN1C(CC)N1CCC. The Balaban J connectivity index is 2.21. The molecule has 2 atom stereocenters. The zero-order chi connectivity index (χ0) is 8.27. The van der Waals surface area contributed by atoms with Crippen LogP contribution in [0.2, 0.25) is 0 Å². The Bertz CT molecular complexity index is 102. The average Bonchev–Trinajstić information content (AvgIpc) is 2.65. The third kappa shape index (κ3) is 1.94. The highest BCUT2D eigenvalue weighted by atomic mass is 15.9. The summed E-state index contributed by atoms with van der Waals surface area (Å²) >= 11 is 0. The molecule has 1 saturated heterocycles. The van der Waals surface area contributed by atoms with Crippen LogP contribution in [0.3, 0.4) is 0 Å². The van der Waals surface area contributed by atoms with E-state index in [2.05, 4.69) is 30.8 Å². The summed E-state index contributed by atoms with van der Waals surface area (Å²) in [5, 5.41) is 4.98. The molecule has 0 bridgehead atoms. The normalized spacial score (nSPS) is 35.7. The van der Waals surface area contributed by atoms with Crippen LogP contribution >= 0.6 is 0 Å². The maximum atomic E-state index is 2.49. The zero-order valence-electron chi connectivity index (χ0n) is 8.01. The van der Waals surface area contributed by atoms with Crippen molar-refractivity contribution in [3.05, 3.63) is 0 Å². The van der Waals surface area contributed by atoms with Gasteiger partial charge in [-0.25, -0.2) is 10.0 Å². The number of nitrogens with zero attached hydrogens (tertiary/aromatic N) is 2. The van der Waals surface area contributed by atoms with E-state index in [0.717, 1.165) is 6.17 Å². The quantitative estimate of drug-likeness (QED) is 0.562. The Morgan fingerprint density at radius 3 is 1.64 bits per heavy atom. The van der Waals surface area contributed by atoms with Gasteiger partial charge in [-0.15, -0.1) is 0 Å². The maximum Gasteiger partial charge on any atom is 0.0891 e. The lowest BCUT2D eigenvalue weighted by atomic mass is 10.4. The number of hydrazine groups is 1. The molecular formula is C9H20N2. The minimum absolute atomic E-state index is 0.773. The molecule has 1 rings (SSSR count). The highest BCUT2D eigenvalue weighted by Gasteiger charge is 2.41. The monoisotopic (exact) mass is 156 g/mol. The Morgan fingerprint density at radius 1 is 0.909 bits per heavy atom. The van der Waals surface area contributed by atoms with Crippen molar-refractivity contribution >= 4 is 0 Å². The van der Waals surface area contributed by atoms with Crippen LogP contribution in [0.15, 0.2) is 0 Å². The van der Waals surface area contributed by atoms with Crippen molar-refractivity contribution in [2.24, 2.45) is 0 Å². The summed E-state index contributed by atoms with van der Waals surface area (Å²) in [5.74, 6) is 0. The van der Waals surface area contributed by atoms with Crippen molar-refractivity contribution in [1.29, 1.82) is 0 Å². The second-order valence-corrected chi connectivity index (χ2v) is 3.22. The van der Waals surface area contributed by atoms with Crippen molar-refractivity contribution in [3.8, 4) is 0 Å². The molecule has 0 aromatic heterocycles. The second-order valence-electron chi connectivity index (χ2n) is 3.22. The first kappa shape index (κ1) is 9.01. The summed E-state index contributed by atoms with van der Waals surface area (Å²) in [6.45, 7) is 9.25. The zero-order valence-corrected chi connectivity index (χ0v) is 8.01. The molecule has 2 unspecified atom stereocenters. The van der Waals surface area contributed by atoms with Gasteiger partial charge in [-0.05, 0) is 19.3 Å². The average molecular weight is 156 g/mol. The Kier molecular flexibility index (Phi) is 3.34. The first-order valence-electron chi connectivity index (χ1n) is 4.88. The molecule has 1 aliphatic rings. The molecule has 0 aliphatic carbocycles. The lowest BCUT2D eigenvalue weighted by Gasteiger charge is -1.99. The Morgan fingerprint density at radius 2 is 1.36 bits per heavy atom. The molecule has 0 N–H and O–H groups in total. The van der Waals surface area contributed by atoms with Gasteiger partial charge in [0.25, 0.3) is 0 Å². The van der Waals surface area contributed by atoms with E-state index in [-0.39, 0.29) is 0 Å². The fourth-order valence-electron chi connectivity index (χ4n) is 1.73. The number of hydrogen-bond donors (Lipinski definition) is 0. The topological polar surface area (TPSA) is 6.02 Å². The first-order valence-corrected chi connectivity index (χ1v) is 4.88. The van der Waals surface area contributed by atoms with Crippen LogP contribution < -0.4 is 0 Å². The van der Waals surface area contributed by atoms with E-state index < -0.39 is 0 Å². The lowest BCUT2D eigenvalue weighted by molar-refractivity contribution is 0.306. The van der Waals surface area contributed by atoms with Gasteiger partial charge in [-0.3, -0.25) is 0 Å². The smallest absolute Gasteiger partial charge is 0.0891 e. The van der Waals surface area contributed by atoms with Crippen LogP contribution in [0, 0.1) is 0 Å². The third-order valence-corrected chi connectivity index (χ3v) is 2.23. The Labute approximate surface area is 70.1 Å². The lowest BCUT2D eigenvalue weighted by Crippen LogP contribution is -2.08. The third-order valence-electron chi connectivity index (χ3n) is 2.23. The van der Waals surface area contributed by atoms with Crippen molar-refractivity contribution in [2.45, 2.75) is 46.2 Å². The van der Waals surface area contributed by atoms with E-state index in [1.54, 1.807) is 0 Å². The molecule has 1 aliphatic heterocycles. The molecule has 0 spiro atoms. The molecular weight excluding hydrogens is 136 g/mol. The summed E-state index contributed by atoms with van der Waals surface area (Å²) < 4.78 is 0. The van der Waals surface area contributed by atoms with Gasteiger partial charge in [0.1, 0.15) is 0 Å². The molecule has 0 radical (unpaired) electrons. The summed E-state index contributed by atoms with van der Waals surface area (Å²) in [4.78, 5) is 0. The maximum absolute atomic E-state index is 2.49. The Hall–Kier alpha value is -0.0800. The number of hydrogen-bond acceptors (Lipinski definition) is 2. The molecule has 2 nitrogen and oxygen atoms in total. The van der Waals surface area contributed by atoms with Crippen molar-refractivity contribution in [1.82, 2.24) is 10.0 Å². The van der Waals surface area contributed by atoms with Gasteiger partial charge in [-0.2, -0.15) is 0 Å². The van der Waals surface area contributed by atoms with Crippen molar-refractivity contribution in [3.63, 3.8) is 0 Å². The first-order chi connectivity index (χ1) is 5.35. The van der Waals surface area contributed by atoms with Gasteiger partial charge in [0.05, 0.1) is 6.17 Å². The predicted molar refractivity (Wildman–Crippen MR) is 48.1 cm³/mol. The molecule has 0 aromatic rings.